The number of nitrogens with zero attached hydrogens (tertiary/aromatic N) is 2. The van der Waals surface area contributed by atoms with Gasteiger partial charge in [0.25, 0.3) is 5.91 Å². The van der Waals surface area contributed by atoms with Crippen LogP contribution in [0.3, 0.4) is 0 Å². The lowest BCUT2D eigenvalue weighted by atomic mass is 10.2. The van der Waals surface area contributed by atoms with Crippen LogP contribution in [-0.2, 0) is 0 Å². The van der Waals surface area contributed by atoms with Crippen molar-refractivity contribution >= 4 is 23.2 Å². The van der Waals surface area contributed by atoms with Crippen LogP contribution in [0.25, 0.3) is 0 Å². The highest BCUT2D eigenvalue weighted by atomic mass is 16.5. The average Bonchev–Trinajstić information content (AvgIpc) is 2.74. The Balaban J connectivity index is 1.81. The lowest BCUT2D eigenvalue weighted by Gasteiger charge is -2.13. The summed E-state index contributed by atoms with van der Waals surface area (Å²) in [6.45, 7) is 1.93. The van der Waals surface area contributed by atoms with Crippen molar-refractivity contribution in [1.29, 1.82) is 0 Å². The second kappa shape index (κ2) is 8.92. The molecule has 150 valence electrons. The molecule has 8 nitrogen and oxygen atoms in total. The summed E-state index contributed by atoms with van der Waals surface area (Å²) in [5, 5.41) is 5.88. The Kier molecular flexibility index (Phi) is 6.13. The molecule has 0 atom stereocenters. The molecule has 0 aliphatic heterocycles. The minimum atomic E-state index is -0.374. The summed E-state index contributed by atoms with van der Waals surface area (Å²) in [6.07, 6.45) is 1.51. The zero-order chi connectivity index (χ0) is 20.8. The van der Waals surface area contributed by atoms with Crippen LogP contribution < -0.4 is 24.8 Å². The number of methoxy groups -OCH3 is 3. The molecule has 0 saturated carbocycles. The van der Waals surface area contributed by atoms with Crippen molar-refractivity contribution < 1.29 is 19.0 Å². The first-order valence-corrected chi connectivity index (χ1v) is 8.82. The molecule has 0 saturated heterocycles. The molecular weight excluding hydrogens is 372 g/mol. The zero-order valence-electron chi connectivity index (χ0n) is 16.6. The highest BCUT2D eigenvalue weighted by molar-refractivity contribution is 6.03. The minimum Gasteiger partial charge on any atom is -0.497 e. The van der Waals surface area contributed by atoms with Gasteiger partial charge in [-0.1, -0.05) is 6.07 Å². The summed E-state index contributed by atoms with van der Waals surface area (Å²) >= 11 is 0. The van der Waals surface area contributed by atoms with E-state index in [-0.39, 0.29) is 17.5 Å². The number of nitrogens with one attached hydrogen (secondary N) is 2. The fourth-order valence-corrected chi connectivity index (χ4v) is 2.67. The van der Waals surface area contributed by atoms with Crippen LogP contribution in [0.5, 0.6) is 17.2 Å². The van der Waals surface area contributed by atoms with Gasteiger partial charge in [0.15, 0.2) is 0 Å². The molecular formula is C21H22N4O4. The number of benzene rings is 2. The molecule has 3 rings (SSSR count). The topological polar surface area (TPSA) is 94.6 Å². The number of anilines is 3. The first-order valence-electron chi connectivity index (χ1n) is 8.82. The molecule has 8 heteroatoms. The first kappa shape index (κ1) is 19.9. The van der Waals surface area contributed by atoms with Gasteiger partial charge >= 0.3 is 0 Å². The van der Waals surface area contributed by atoms with Crippen molar-refractivity contribution in [2.45, 2.75) is 6.92 Å². The summed E-state index contributed by atoms with van der Waals surface area (Å²) in [7, 11) is 4.69. The van der Waals surface area contributed by atoms with E-state index >= 15 is 0 Å². The Bertz CT molecular complexity index is 1020. The van der Waals surface area contributed by atoms with Gasteiger partial charge in [0, 0.05) is 12.3 Å². The van der Waals surface area contributed by atoms with Gasteiger partial charge in [-0.05, 0) is 42.8 Å². The van der Waals surface area contributed by atoms with Gasteiger partial charge in [0.1, 0.15) is 22.9 Å². The summed E-state index contributed by atoms with van der Waals surface area (Å²) < 4.78 is 15.9. The second-order valence-corrected chi connectivity index (χ2v) is 6.11. The summed E-state index contributed by atoms with van der Waals surface area (Å²) in [6, 6.07) is 12.4. The molecule has 0 unspecified atom stereocenters. The Hall–Kier alpha value is -3.81. The van der Waals surface area contributed by atoms with Crippen molar-refractivity contribution in [3.63, 3.8) is 0 Å². The van der Waals surface area contributed by atoms with Crippen LogP contribution in [0.2, 0.25) is 0 Å². The van der Waals surface area contributed by atoms with Crippen LogP contribution in [0.1, 0.15) is 16.1 Å². The maximum atomic E-state index is 12.7. The molecule has 1 heterocycles. The zero-order valence-corrected chi connectivity index (χ0v) is 16.6. The third-order valence-corrected chi connectivity index (χ3v) is 4.15. The van der Waals surface area contributed by atoms with Crippen LogP contribution >= 0.6 is 0 Å². The Morgan fingerprint density at radius 2 is 1.69 bits per heavy atom. The monoisotopic (exact) mass is 394 g/mol. The van der Waals surface area contributed by atoms with Gasteiger partial charge in [-0.25, -0.2) is 9.97 Å². The molecule has 0 bridgehead atoms. The first-order chi connectivity index (χ1) is 14.0. The number of aryl methyl sites for hydroxylation is 1. The number of aromatic nitrogens is 2. The Labute approximate surface area is 168 Å². The highest BCUT2D eigenvalue weighted by Crippen LogP contribution is 2.30. The molecule has 1 amide bonds. The lowest BCUT2D eigenvalue weighted by molar-refractivity contribution is 0.102. The van der Waals surface area contributed by atoms with Crippen LogP contribution in [0.15, 0.2) is 48.7 Å². The number of hydrogen-bond donors (Lipinski definition) is 2. The summed E-state index contributed by atoms with van der Waals surface area (Å²) in [5.41, 5.74) is 2.42. The van der Waals surface area contributed by atoms with E-state index in [1.165, 1.54) is 12.3 Å². The standard InChI is InChI=1S/C21H22N4O4/c1-13-5-8-18(28-3)17(11-13)23-20(26)16-9-10-22-21(25-16)24-15-7-6-14(27-2)12-19(15)29-4/h5-12H,1-4H3,(H,23,26)(H,22,24,25). The van der Waals surface area contributed by atoms with Crippen LogP contribution in [-0.4, -0.2) is 37.2 Å². The van der Waals surface area contributed by atoms with Crippen LogP contribution in [0.4, 0.5) is 17.3 Å². The normalized spacial score (nSPS) is 10.2. The molecule has 2 N–H and O–H groups in total. The number of carbonyl (C=O) groups is 1. The van der Waals surface area contributed by atoms with Crippen molar-refractivity contribution in [3.8, 4) is 17.2 Å². The second-order valence-electron chi connectivity index (χ2n) is 6.11. The quantitative estimate of drug-likeness (QED) is 0.629. The van der Waals surface area contributed by atoms with Gasteiger partial charge in [-0.15, -0.1) is 0 Å². The van der Waals surface area contributed by atoms with E-state index in [2.05, 4.69) is 20.6 Å². The van der Waals surface area contributed by atoms with E-state index in [0.717, 1.165) is 5.56 Å². The third kappa shape index (κ3) is 4.73. The number of ether oxygens (including phenoxy) is 3. The van der Waals surface area contributed by atoms with Crippen molar-refractivity contribution in [2.75, 3.05) is 32.0 Å². The maximum Gasteiger partial charge on any atom is 0.274 e. The lowest BCUT2D eigenvalue weighted by Crippen LogP contribution is -2.15. The largest absolute Gasteiger partial charge is 0.497 e. The van der Waals surface area contributed by atoms with Gasteiger partial charge in [-0.3, -0.25) is 4.79 Å². The minimum absolute atomic E-state index is 0.207. The number of carbonyl (C=O) groups excluding carboxylic acids is 1. The molecule has 0 fully saturated rings. The van der Waals surface area contributed by atoms with E-state index < -0.39 is 0 Å². The number of amides is 1. The fraction of sp³-hybridized carbons (Fsp3) is 0.190. The van der Waals surface area contributed by atoms with Gasteiger partial charge in [0.2, 0.25) is 5.95 Å². The molecule has 0 aliphatic carbocycles. The Morgan fingerprint density at radius 3 is 2.41 bits per heavy atom. The van der Waals surface area contributed by atoms with E-state index in [1.807, 2.05) is 19.1 Å². The molecule has 0 aliphatic rings. The van der Waals surface area contributed by atoms with Crippen molar-refractivity contribution in [2.24, 2.45) is 0 Å². The van der Waals surface area contributed by atoms with Gasteiger partial charge in [-0.2, -0.15) is 0 Å². The predicted octanol–water partition coefficient (Wildman–Crippen LogP) is 3.81. The number of hydrogen-bond acceptors (Lipinski definition) is 7. The molecule has 29 heavy (non-hydrogen) atoms. The maximum absolute atomic E-state index is 12.7. The number of rotatable bonds is 7. The van der Waals surface area contributed by atoms with E-state index in [1.54, 1.807) is 45.6 Å². The molecule has 0 radical (unpaired) electrons. The summed E-state index contributed by atoms with van der Waals surface area (Å²) in [4.78, 5) is 21.2. The molecule has 1 aromatic heterocycles. The predicted molar refractivity (Wildman–Crippen MR) is 111 cm³/mol. The molecule has 0 spiro atoms. The van der Waals surface area contributed by atoms with E-state index in [4.69, 9.17) is 14.2 Å². The van der Waals surface area contributed by atoms with E-state index in [9.17, 15) is 4.79 Å². The molecule has 2 aromatic carbocycles. The smallest absolute Gasteiger partial charge is 0.274 e. The highest BCUT2D eigenvalue weighted by Gasteiger charge is 2.13. The summed E-state index contributed by atoms with van der Waals surface area (Å²) in [5.74, 6) is 1.68. The van der Waals surface area contributed by atoms with Gasteiger partial charge in [0.05, 0.1) is 32.7 Å². The average molecular weight is 394 g/mol. The third-order valence-electron chi connectivity index (χ3n) is 4.15. The molecule has 3 aromatic rings. The SMILES string of the molecule is COc1ccc(Nc2nccc(C(=O)Nc3cc(C)ccc3OC)n2)c(OC)c1. The van der Waals surface area contributed by atoms with Gasteiger partial charge < -0.3 is 24.8 Å². The van der Waals surface area contributed by atoms with Crippen LogP contribution in [0, 0.1) is 6.92 Å². The van der Waals surface area contributed by atoms with Crippen molar-refractivity contribution in [1.82, 2.24) is 9.97 Å². The fourth-order valence-electron chi connectivity index (χ4n) is 2.67. The van der Waals surface area contributed by atoms with Crippen molar-refractivity contribution in [3.05, 3.63) is 59.9 Å². The van der Waals surface area contributed by atoms with E-state index in [0.29, 0.717) is 28.6 Å². The Morgan fingerprint density at radius 1 is 0.897 bits per heavy atom.